The number of hydrogen-bond donors (Lipinski definition) is 0. The monoisotopic (exact) mass is 359 g/mol. The molecule has 1 aromatic rings. The van der Waals surface area contributed by atoms with Crippen LogP contribution in [0.4, 0.5) is 5.69 Å². The number of benzene rings is 1. The van der Waals surface area contributed by atoms with Gasteiger partial charge in [-0.15, -0.1) is 0 Å². The van der Waals surface area contributed by atoms with Gasteiger partial charge < -0.3 is 9.64 Å². The van der Waals surface area contributed by atoms with Gasteiger partial charge in [0.05, 0.1) is 11.8 Å². The Bertz CT molecular complexity index is 624. The quantitative estimate of drug-likeness (QED) is 0.821. The van der Waals surface area contributed by atoms with Gasteiger partial charge in [-0.05, 0) is 30.3 Å². The van der Waals surface area contributed by atoms with Crippen LogP contribution >= 0.6 is 15.9 Å². The largest absolute Gasteiger partial charge is 0.375 e. The second-order valence-corrected chi connectivity index (χ2v) is 7.25. The van der Waals surface area contributed by atoms with Crippen LogP contribution in [0.5, 0.6) is 0 Å². The predicted octanol–water partition coefficient (Wildman–Crippen LogP) is 1.74. The van der Waals surface area contributed by atoms with E-state index < -0.39 is 15.9 Å². The van der Waals surface area contributed by atoms with E-state index in [0.29, 0.717) is 5.69 Å². The molecule has 1 amide bonds. The van der Waals surface area contributed by atoms with Crippen LogP contribution in [-0.2, 0) is 19.4 Å². The average Bonchev–Trinajstić information content (AvgIpc) is 2.73. The first-order valence-corrected chi connectivity index (χ1v) is 8.41. The van der Waals surface area contributed by atoms with Crippen LogP contribution in [0.2, 0.25) is 0 Å². The highest BCUT2D eigenvalue weighted by atomic mass is 79.9. The zero-order valence-corrected chi connectivity index (χ0v) is 13.2. The third-order valence-electron chi connectivity index (χ3n) is 2.88. The predicted molar refractivity (Wildman–Crippen MR) is 80.2 cm³/mol. The van der Waals surface area contributed by atoms with Crippen molar-refractivity contribution in [3.63, 3.8) is 0 Å². The van der Waals surface area contributed by atoms with Crippen molar-refractivity contribution in [2.45, 2.75) is 6.04 Å². The number of carbonyl (C=O) groups excluding carboxylic acids is 1. The minimum absolute atomic E-state index is 0.0968. The van der Waals surface area contributed by atoms with Gasteiger partial charge >= 0.3 is 0 Å². The van der Waals surface area contributed by atoms with Gasteiger partial charge in [0.2, 0.25) is 0 Å². The van der Waals surface area contributed by atoms with Gasteiger partial charge in [-0.25, -0.2) is 8.42 Å². The highest BCUT2D eigenvalue weighted by Gasteiger charge is 2.31. The van der Waals surface area contributed by atoms with Gasteiger partial charge in [0.1, 0.15) is 6.61 Å². The molecule has 0 fully saturated rings. The minimum Gasteiger partial charge on any atom is -0.375 e. The number of hydrogen-bond acceptors (Lipinski definition) is 4. The Morgan fingerprint density at radius 2 is 2.05 bits per heavy atom. The summed E-state index contributed by atoms with van der Waals surface area (Å²) in [5.74, 6) is -0.375. The number of anilines is 1. The Balaban J connectivity index is 2.33. The number of halogens is 1. The van der Waals surface area contributed by atoms with Crippen molar-refractivity contribution in [1.82, 2.24) is 0 Å². The zero-order chi connectivity index (χ0) is 14.8. The molecule has 20 heavy (non-hydrogen) atoms. The second-order valence-electron chi connectivity index (χ2n) is 4.40. The lowest BCUT2D eigenvalue weighted by Gasteiger charge is -2.27. The van der Waals surface area contributed by atoms with E-state index >= 15 is 0 Å². The van der Waals surface area contributed by atoms with Crippen molar-refractivity contribution in [2.75, 3.05) is 24.4 Å². The molecule has 1 atom stereocenters. The molecule has 7 heteroatoms. The maximum absolute atomic E-state index is 12.2. The molecule has 0 aliphatic carbocycles. The van der Waals surface area contributed by atoms with Gasteiger partial charge in [-0.1, -0.05) is 15.9 Å². The Morgan fingerprint density at radius 1 is 1.40 bits per heavy atom. The van der Waals surface area contributed by atoms with Crippen molar-refractivity contribution in [2.24, 2.45) is 0 Å². The van der Waals surface area contributed by atoms with E-state index in [1.54, 1.807) is 24.3 Å². The number of rotatable bonds is 4. The molecular formula is C13H14BrNO4S. The fourth-order valence-electron chi connectivity index (χ4n) is 2.04. The Morgan fingerprint density at radius 3 is 2.55 bits per heavy atom. The van der Waals surface area contributed by atoms with Crippen LogP contribution in [0.1, 0.15) is 0 Å². The van der Waals surface area contributed by atoms with Crippen molar-refractivity contribution in [1.29, 1.82) is 0 Å². The van der Waals surface area contributed by atoms with Crippen LogP contribution in [0.15, 0.2) is 40.2 Å². The summed E-state index contributed by atoms with van der Waals surface area (Å²) in [6.45, 7) is -0.0968. The maximum atomic E-state index is 12.2. The summed E-state index contributed by atoms with van der Waals surface area (Å²) in [6.07, 6.45) is 1.53. The van der Waals surface area contributed by atoms with Crippen LogP contribution in [-0.4, -0.2) is 39.8 Å². The summed E-state index contributed by atoms with van der Waals surface area (Å²) in [4.78, 5) is 13.6. The lowest BCUT2D eigenvalue weighted by Crippen LogP contribution is -2.43. The molecule has 1 heterocycles. The third kappa shape index (κ3) is 3.47. The minimum atomic E-state index is -3.23. The zero-order valence-electron chi connectivity index (χ0n) is 10.8. The maximum Gasteiger partial charge on any atom is 0.253 e. The Labute approximate surface area is 126 Å². The van der Waals surface area contributed by atoms with Crippen LogP contribution < -0.4 is 4.90 Å². The smallest absolute Gasteiger partial charge is 0.253 e. The number of nitrogens with zero attached hydrogens (tertiary/aromatic N) is 1. The first-order valence-electron chi connectivity index (χ1n) is 5.90. The average molecular weight is 360 g/mol. The molecule has 108 valence electrons. The van der Waals surface area contributed by atoms with E-state index in [-0.39, 0.29) is 18.3 Å². The van der Waals surface area contributed by atoms with E-state index in [9.17, 15) is 13.2 Å². The molecule has 1 unspecified atom stereocenters. The van der Waals surface area contributed by atoms with Crippen molar-refractivity contribution in [3.05, 3.63) is 40.2 Å². The van der Waals surface area contributed by atoms with Gasteiger partial charge in [0, 0.05) is 22.7 Å². The Kier molecular flexibility index (Phi) is 4.62. The van der Waals surface area contributed by atoms with Gasteiger partial charge in [-0.3, -0.25) is 4.79 Å². The lowest BCUT2D eigenvalue weighted by atomic mass is 10.2. The number of methoxy groups -OCH3 is 1. The van der Waals surface area contributed by atoms with Crippen LogP contribution in [0, 0.1) is 0 Å². The van der Waals surface area contributed by atoms with Crippen molar-refractivity contribution >= 4 is 37.4 Å². The van der Waals surface area contributed by atoms with Crippen LogP contribution in [0.3, 0.4) is 0 Å². The second kappa shape index (κ2) is 6.07. The fourth-order valence-corrected chi connectivity index (χ4v) is 3.57. The first kappa shape index (κ1) is 15.2. The molecule has 0 saturated carbocycles. The standard InChI is InChI=1S/C13H14BrNO4S/c1-19-8-13(16)15(11-4-2-10(14)3-5-11)12-6-7-20(17,18)9-12/h2-7,12H,8-9H2,1H3. The molecule has 1 aliphatic heterocycles. The molecule has 0 spiro atoms. The molecule has 1 aromatic carbocycles. The molecule has 0 aromatic heterocycles. The van der Waals surface area contributed by atoms with Gasteiger partial charge in [-0.2, -0.15) is 0 Å². The molecule has 2 rings (SSSR count). The Hall–Kier alpha value is -1.18. The molecular weight excluding hydrogens is 346 g/mol. The molecule has 5 nitrogen and oxygen atoms in total. The summed E-state index contributed by atoms with van der Waals surface area (Å²) in [5, 5.41) is 1.16. The molecule has 0 radical (unpaired) electrons. The molecule has 1 aliphatic rings. The van der Waals surface area contributed by atoms with Gasteiger partial charge in [0.15, 0.2) is 9.84 Å². The number of sulfone groups is 1. The van der Waals surface area contributed by atoms with E-state index in [1.807, 2.05) is 0 Å². The molecule has 0 saturated heterocycles. The molecule has 0 N–H and O–H groups in total. The summed E-state index contributed by atoms with van der Waals surface area (Å²) in [7, 11) is -1.80. The summed E-state index contributed by atoms with van der Waals surface area (Å²) < 4.78 is 28.8. The van der Waals surface area contributed by atoms with E-state index in [2.05, 4.69) is 15.9 Å². The number of amides is 1. The normalized spacial score (nSPS) is 20.0. The van der Waals surface area contributed by atoms with Crippen molar-refractivity contribution < 1.29 is 17.9 Å². The van der Waals surface area contributed by atoms with Crippen molar-refractivity contribution in [3.8, 4) is 0 Å². The summed E-state index contributed by atoms with van der Waals surface area (Å²) in [5.41, 5.74) is 0.641. The summed E-state index contributed by atoms with van der Waals surface area (Å²) >= 11 is 3.33. The van der Waals surface area contributed by atoms with Gasteiger partial charge in [0.25, 0.3) is 5.91 Å². The van der Waals surface area contributed by atoms with E-state index in [0.717, 1.165) is 9.88 Å². The highest BCUT2D eigenvalue weighted by molar-refractivity contribution is 9.10. The fraction of sp³-hybridized carbons (Fsp3) is 0.308. The lowest BCUT2D eigenvalue weighted by molar-refractivity contribution is -0.122. The van der Waals surface area contributed by atoms with Crippen LogP contribution in [0.25, 0.3) is 0 Å². The third-order valence-corrected chi connectivity index (χ3v) is 4.79. The van der Waals surface area contributed by atoms with E-state index in [4.69, 9.17) is 4.74 Å². The topological polar surface area (TPSA) is 63.7 Å². The summed E-state index contributed by atoms with van der Waals surface area (Å²) in [6, 6.07) is 6.63. The van der Waals surface area contributed by atoms with E-state index in [1.165, 1.54) is 18.1 Å². The number of carbonyl (C=O) groups is 1. The SMILES string of the molecule is COCC(=O)N(c1ccc(Br)cc1)C1C=CS(=O)(=O)C1. The number of ether oxygens (including phenoxy) is 1. The first-order chi connectivity index (χ1) is 9.43. The highest BCUT2D eigenvalue weighted by Crippen LogP contribution is 2.24. The molecule has 0 bridgehead atoms.